The summed E-state index contributed by atoms with van der Waals surface area (Å²) in [6.07, 6.45) is 8.35. The van der Waals surface area contributed by atoms with Gasteiger partial charge in [-0.1, -0.05) is 37.1 Å². The predicted octanol–water partition coefficient (Wildman–Crippen LogP) is 3.57. The van der Waals surface area contributed by atoms with Crippen LogP contribution in [0.25, 0.3) is 0 Å². The van der Waals surface area contributed by atoms with E-state index in [2.05, 4.69) is 24.3 Å². The highest BCUT2D eigenvalue weighted by atomic mass is 16.1. The number of aldehydes is 1. The smallest absolute Gasteiger partial charge is 0.130 e. The van der Waals surface area contributed by atoms with Crippen LogP contribution < -0.4 is 0 Å². The molecule has 0 aromatic heterocycles. The first kappa shape index (κ1) is 10.1. The highest BCUT2D eigenvalue weighted by Crippen LogP contribution is 2.42. The Balaban J connectivity index is 1.89. The molecule has 16 heavy (non-hydrogen) atoms. The third-order valence-electron chi connectivity index (χ3n) is 4.26. The second kappa shape index (κ2) is 3.73. The highest BCUT2D eigenvalue weighted by Gasteiger charge is 2.35. The van der Waals surface area contributed by atoms with E-state index < -0.39 is 0 Å². The molecule has 2 aliphatic rings. The summed E-state index contributed by atoms with van der Waals surface area (Å²) in [5.74, 6) is 0.810. The molecule has 0 unspecified atom stereocenters. The maximum atomic E-state index is 11.4. The van der Waals surface area contributed by atoms with Crippen LogP contribution in [0.1, 0.15) is 55.6 Å². The largest absolute Gasteiger partial charge is 0.302 e. The first-order chi connectivity index (χ1) is 7.84. The number of rotatable bonds is 3. The fraction of sp³-hybridized carbons (Fsp3) is 0.533. The van der Waals surface area contributed by atoms with Gasteiger partial charge in [0.25, 0.3) is 0 Å². The molecular formula is C15H18O. The molecule has 84 valence electrons. The van der Waals surface area contributed by atoms with Gasteiger partial charge >= 0.3 is 0 Å². The minimum absolute atomic E-state index is 0.151. The third-order valence-corrected chi connectivity index (χ3v) is 4.26. The van der Waals surface area contributed by atoms with Gasteiger partial charge in [0.15, 0.2) is 0 Å². The van der Waals surface area contributed by atoms with Crippen LogP contribution in [0.2, 0.25) is 0 Å². The van der Waals surface area contributed by atoms with Gasteiger partial charge in [-0.3, -0.25) is 0 Å². The van der Waals surface area contributed by atoms with Crippen molar-refractivity contribution in [1.29, 1.82) is 0 Å². The standard InChI is InChI=1S/C15H18O/c16-11-15(9-1-2-10-15)14-7-5-13(6-8-14)12-3-4-12/h5-8,11-12H,1-4,9-10H2. The SMILES string of the molecule is O=CC1(c2ccc(C3CC3)cc2)CCCC1. The molecule has 0 N–H and O–H groups in total. The van der Waals surface area contributed by atoms with Gasteiger partial charge in [-0.2, -0.15) is 0 Å². The second-order valence-corrected chi connectivity index (χ2v) is 5.38. The van der Waals surface area contributed by atoms with Gasteiger partial charge in [0, 0.05) is 0 Å². The third kappa shape index (κ3) is 1.59. The molecule has 0 radical (unpaired) electrons. The molecule has 0 amide bonds. The van der Waals surface area contributed by atoms with Crippen molar-refractivity contribution in [3.63, 3.8) is 0 Å². The van der Waals surface area contributed by atoms with Gasteiger partial charge in [0.05, 0.1) is 5.41 Å². The molecule has 0 aliphatic heterocycles. The first-order valence-corrected chi connectivity index (χ1v) is 6.41. The Morgan fingerprint density at radius 1 is 1.06 bits per heavy atom. The van der Waals surface area contributed by atoms with Gasteiger partial charge in [0.2, 0.25) is 0 Å². The maximum Gasteiger partial charge on any atom is 0.130 e. The van der Waals surface area contributed by atoms with E-state index >= 15 is 0 Å². The Bertz CT molecular complexity index is 380. The Labute approximate surface area is 96.9 Å². The number of carbonyl (C=O) groups excluding carboxylic acids is 1. The minimum atomic E-state index is -0.151. The Hall–Kier alpha value is -1.11. The summed E-state index contributed by atoms with van der Waals surface area (Å²) in [5, 5.41) is 0. The molecule has 1 heteroatoms. The molecule has 1 nitrogen and oxygen atoms in total. The quantitative estimate of drug-likeness (QED) is 0.703. The highest BCUT2D eigenvalue weighted by molar-refractivity contribution is 5.69. The fourth-order valence-electron chi connectivity index (χ4n) is 2.98. The van der Waals surface area contributed by atoms with Crippen molar-refractivity contribution < 1.29 is 4.79 Å². The summed E-state index contributed by atoms with van der Waals surface area (Å²) in [6.45, 7) is 0. The van der Waals surface area contributed by atoms with Gasteiger partial charge < -0.3 is 4.79 Å². The van der Waals surface area contributed by atoms with Crippen molar-refractivity contribution in [3.05, 3.63) is 35.4 Å². The molecule has 0 atom stereocenters. The van der Waals surface area contributed by atoms with Gasteiger partial charge in [-0.15, -0.1) is 0 Å². The van der Waals surface area contributed by atoms with Crippen molar-refractivity contribution in [3.8, 4) is 0 Å². The molecule has 1 aromatic rings. The van der Waals surface area contributed by atoms with Crippen LogP contribution in [-0.2, 0) is 10.2 Å². The second-order valence-electron chi connectivity index (χ2n) is 5.38. The summed E-state index contributed by atoms with van der Waals surface area (Å²) < 4.78 is 0. The van der Waals surface area contributed by atoms with Crippen LogP contribution in [0.15, 0.2) is 24.3 Å². The summed E-state index contributed by atoms with van der Waals surface area (Å²) in [4.78, 5) is 11.4. The lowest BCUT2D eigenvalue weighted by Gasteiger charge is -2.22. The van der Waals surface area contributed by atoms with Crippen LogP contribution in [0.4, 0.5) is 0 Å². The Morgan fingerprint density at radius 2 is 1.69 bits per heavy atom. The molecule has 1 aromatic carbocycles. The van der Waals surface area contributed by atoms with Gasteiger partial charge in [-0.25, -0.2) is 0 Å². The monoisotopic (exact) mass is 214 g/mol. The summed E-state index contributed by atoms with van der Waals surface area (Å²) >= 11 is 0. The van der Waals surface area contributed by atoms with Crippen LogP contribution >= 0.6 is 0 Å². The van der Waals surface area contributed by atoms with Crippen LogP contribution in [0.5, 0.6) is 0 Å². The zero-order chi connectivity index (χ0) is 11.0. The lowest BCUT2D eigenvalue weighted by Crippen LogP contribution is -2.23. The molecule has 2 saturated carbocycles. The molecule has 2 aliphatic carbocycles. The first-order valence-electron chi connectivity index (χ1n) is 6.41. The number of carbonyl (C=O) groups is 1. The van der Waals surface area contributed by atoms with Crippen molar-refractivity contribution in [1.82, 2.24) is 0 Å². The van der Waals surface area contributed by atoms with Crippen LogP contribution in [-0.4, -0.2) is 6.29 Å². The molecule has 0 saturated heterocycles. The summed E-state index contributed by atoms with van der Waals surface area (Å²) in [5.41, 5.74) is 2.55. The topological polar surface area (TPSA) is 17.1 Å². The molecule has 0 spiro atoms. The van der Waals surface area contributed by atoms with E-state index in [4.69, 9.17) is 0 Å². The molecule has 2 fully saturated rings. The van der Waals surface area contributed by atoms with E-state index in [9.17, 15) is 4.79 Å². The van der Waals surface area contributed by atoms with Crippen LogP contribution in [0.3, 0.4) is 0 Å². The average molecular weight is 214 g/mol. The lowest BCUT2D eigenvalue weighted by atomic mass is 9.80. The van der Waals surface area contributed by atoms with E-state index in [1.165, 1.54) is 43.1 Å². The number of hydrogen-bond acceptors (Lipinski definition) is 1. The van der Waals surface area contributed by atoms with Gasteiger partial charge in [-0.05, 0) is 42.7 Å². The van der Waals surface area contributed by atoms with E-state index in [1.54, 1.807) is 0 Å². The van der Waals surface area contributed by atoms with E-state index in [0.29, 0.717) is 0 Å². The molecular weight excluding hydrogens is 196 g/mol. The Kier molecular flexibility index (Phi) is 2.34. The normalized spacial score (nSPS) is 23.2. The molecule has 0 heterocycles. The molecule has 3 rings (SSSR count). The Morgan fingerprint density at radius 3 is 2.19 bits per heavy atom. The zero-order valence-corrected chi connectivity index (χ0v) is 9.61. The van der Waals surface area contributed by atoms with Crippen molar-refractivity contribution in [2.75, 3.05) is 0 Å². The lowest BCUT2D eigenvalue weighted by molar-refractivity contribution is -0.112. The average Bonchev–Trinajstić information content (AvgIpc) is 3.08. The van der Waals surface area contributed by atoms with Crippen molar-refractivity contribution >= 4 is 6.29 Å². The molecule has 0 bridgehead atoms. The number of hydrogen-bond donors (Lipinski definition) is 0. The van der Waals surface area contributed by atoms with E-state index in [-0.39, 0.29) is 5.41 Å². The fourth-order valence-corrected chi connectivity index (χ4v) is 2.98. The van der Waals surface area contributed by atoms with Crippen molar-refractivity contribution in [2.45, 2.75) is 49.9 Å². The maximum absolute atomic E-state index is 11.4. The van der Waals surface area contributed by atoms with E-state index in [1.807, 2.05) is 0 Å². The zero-order valence-electron chi connectivity index (χ0n) is 9.61. The van der Waals surface area contributed by atoms with Crippen LogP contribution in [0, 0.1) is 0 Å². The summed E-state index contributed by atoms with van der Waals surface area (Å²) in [7, 11) is 0. The van der Waals surface area contributed by atoms with Gasteiger partial charge in [0.1, 0.15) is 6.29 Å². The van der Waals surface area contributed by atoms with E-state index in [0.717, 1.165) is 18.8 Å². The predicted molar refractivity (Wildman–Crippen MR) is 64.6 cm³/mol. The summed E-state index contributed by atoms with van der Waals surface area (Å²) in [6, 6.07) is 8.84. The minimum Gasteiger partial charge on any atom is -0.302 e. The number of benzene rings is 1. The van der Waals surface area contributed by atoms with Crippen molar-refractivity contribution in [2.24, 2.45) is 0 Å².